The van der Waals surface area contributed by atoms with E-state index in [0.717, 1.165) is 55.3 Å². The quantitative estimate of drug-likeness (QED) is 0.799. The third-order valence-corrected chi connectivity index (χ3v) is 5.12. The maximum Gasteiger partial charge on any atom is 0.258 e. The largest absolute Gasteiger partial charge is 0.483 e. The van der Waals surface area contributed by atoms with Crippen molar-refractivity contribution in [1.29, 1.82) is 0 Å². The number of nitrogens with one attached hydrogen (secondary N) is 1. The van der Waals surface area contributed by atoms with Gasteiger partial charge in [0.05, 0.1) is 19.3 Å². The zero-order valence-electron chi connectivity index (χ0n) is 17.0. The van der Waals surface area contributed by atoms with Gasteiger partial charge in [-0.2, -0.15) is 0 Å². The topological polar surface area (TPSA) is 50.8 Å². The van der Waals surface area contributed by atoms with Crippen molar-refractivity contribution in [3.63, 3.8) is 0 Å². The summed E-state index contributed by atoms with van der Waals surface area (Å²) in [5, 5.41) is 3.16. The van der Waals surface area contributed by atoms with E-state index in [1.807, 2.05) is 32.0 Å². The molecule has 1 N–H and O–H groups in total. The van der Waals surface area contributed by atoms with Gasteiger partial charge in [0, 0.05) is 19.6 Å². The first-order valence-electron chi connectivity index (χ1n) is 9.88. The van der Waals surface area contributed by atoms with Crippen LogP contribution in [0.3, 0.4) is 0 Å². The molecule has 1 atom stereocenters. The number of ether oxygens (including phenoxy) is 2. The molecule has 1 saturated heterocycles. The Labute approximate surface area is 167 Å². The molecule has 1 fully saturated rings. The van der Waals surface area contributed by atoms with Crippen LogP contribution in [0.4, 0.5) is 0 Å². The summed E-state index contributed by atoms with van der Waals surface area (Å²) in [4.78, 5) is 15.0. The molecule has 0 unspecified atom stereocenters. The fraction of sp³-hybridized carbons (Fsp3) is 0.435. The Balaban J connectivity index is 1.65. The Morgan fingerprint density at radius 2 is 1.71 bits per heavy atom. The minimum absolute atomic E-state index is 0.0111. The molecule has 0 spiro atoms. The fourth-order valence-electron chi connectivity index (χ4n) is 3.48. The van der Waals surface area contributed by atoms with Gasteiger partial charge >= 0.3 is 0 Å². The molecule has 28 heavy (non-hydrogen) atoms. The molecule has 1 heterocycles. The van der Waals surface area contributed by atoms with E-state index in [9.17, 15) is 4.79 Å². The molecule has 1 aliphatic rings. The van der Waals surface area contributed by atoms with Crippen molar-refractivity contribution >= 4 is 5.91 Å². The van der Waals surface area contributed by atoms with Crippen LogP contribution in [0, 0.1) is 20.8 Å². The molecule has 0 aromatic heterocycles. The third-order valence-electron chi connectivity index (χ3n) is 5.12. The fourth-order valence-corrected chi connectivity index (χ4v) is 3.48. The van der Waals surface area contributed by atoms with Gasteiger partial charge < -0.3 is 14.8 Å². The number of morpholine rings is 1. The zero-order chi connectivity index (χ0) is 19.9. The highest BCUT2D eigenvalue weighted by Gasteiger charge is 2.20. The number of hydrogen-bond donors (Lipinski definition) is 1. The Kier molecular flexibility index (Phi) is 7.06. The van der Waals surface area contributed by atoms with Crippen molar-refractivity contribution in [3.05, 3.63) is 64.7 Å². The van der Waals surface area contributed by atoms with Gasteiger partial charge in [0.15, 0.2) is 6.61 Å². The normalized spacial score (nSPS) is 15.8. The first-order chi connectivity index (χ1) is 13.5. The number of rotatable bonds is 7. The van der Waals surface area contributed by atoms with Crippen molar-refractivity contribution < 1.29 is 14.3 Å². The molecule has 3 rings (SSSR count). The average Bonchev–Trinajstić information content (AvgIpc) is 2.68. The van der Waals surface area contributed by atoms with Gasteiger partial charge in [0.2, 0.25) is 0 Å². The summed E-state index contributed by atoms with van der Waals surface area (Å²) in [5.41, 5.74) is 4.39. The summed E-state index contributed by atoms with van der Waals surface area (Å²) in [5.74, 6) is 0.680. The van der Waals surface area contributed by atoms with Crippen molar-refractivity contribution in [2.45, 2.75) is 26.8 Å². The summed E-state index contributed by atoms with van der Waals surface area (Å²) in [6, 6.07) is 14.3. The van der Waals surface area contributed by atoms with E-state index in [-0.39, 0.29) is 18.6 Å². The van der Waals surface area contributed by atoms with Crippen LogP contribution < -0.4 is 10.1 Å². The lowest BCUT2D eigenvalue weighted by Gasteiger charge is -2.31. The van der Waals surface area contributed by atoms with Crippen molar-refractivity contribution in [3.8, 4) is 5.75 Å². The SMILES string of the molecule is Cc1ccc([C@@H](CN2CCOCC2)NC(=O)COc2c(C)cccc2C)cc1. The standard InChI is InChI=1S/C23H30N2O3/c1-17-7-9-20(10-8-17)21(15-25-11-13-27-14-12-25)24-22(26)16-28-23-18(2)5-4-6-19(23)3/h4-10,21H,11-16H2,1-3H3,(H,24,26)/t21-/m1/s1. The summed E-state index contributed by atoms with van der Waals surface area (Å²) in [6.45, 7) is 10.1. The molecule has 1 aliphatic heterocycles. The van der Waals surface area contributed by atoms with Gasteiger partial charge in [-0.1, -0.05) is 48.0 Å². The lowest BCUT2D eigenvalue weighted by molar-refractivity contribution is -0.124. The highest BCUT2D eigenvalue weighted by atomic mass is 16.5. The molecular weight excluding hydrogens is 352 g/mol. The Morgan fingerprint density at radius 3 is 2.36 bits per heavy atom. The van der Waals surface area contributed by atoms with Crippen molar-refractivity contribution in [2.75, 3.05) is 39.5 Å². The average molecular weight is 383 g/mol. The minimum Gasteiger partial charge on any atom is -0.483 e. The number of nitrogens with zero attached hydrogens (tertiary/aromatic N) is 1. The maximum absolute atomic E-state index is 12.7. The molecule has 5 nitrogen and oxygen atoms in total. The van der Waals surface area contributed by atoms with Gasteiger partial charge in [-0.15, -0.1) is 0 Å². The highest BCUT2D eigenvalue weighted by molar-refractivity contribution is 5.78. The van der Waals surface area contributed by atoms with Gasteiger partial charge in [0.1, 0.15) is 5.75 Å². The van der Waals surface area contributed by atoms with Crippen LogP contribution in [0.15, 0.2) is 42.5 Å². The van der Waals surface area contributed by atoms with E-state index >= 15 is 0 Å². The number of para-hydroxylation sites is 1. The number of aryl methyl sites for hydroxylation is 3. The summed E-state index contributed by atoms with van der Waals surface area (Å²) < 4.78 is 11.3. The Morgan fingerprint density at radius 1 is 1.07 bits per heavy atom. The van der Waals surface area contributed by atoms with Gasteiger partial charge in [-0.05, 0) is 37.5 Å². The molecule has 0 aliphatic carbocycles. The highest BCUT2D eigenvalue weighted by Crippen LogP contribution is 2.22. The minimum atomic E-state index is -0.110. The number of hydrogen-bond acceptors (Lipinski definition) is 4. The summed E-state index contributed by atoms with van der Waals surface area (Å²) in [7, 11) is 0. The molecule has 5 heteroatoms. The molecule has 2 aromatic carbocycles. The molecular formula is C23H30N2O3. The first-order valence-corrected chi connectivity index (χ1v) is 9.88. The molecule has 1 amide bonds. The van der Waals surface area contributed by atoms with E-state index in [1.165, 1.54) is 5.56 Å². The van der Waals surface area contributed by atoms with Gasteiger partial charge in [-0.25, -0.2) is 0 Å². The number of amides is 1. The number of carbonyl (C=O) groups is 1. The van der Waals surface area contributed by atoms with Crippen LogP contribution in [0.2, 0.25) is 0 Å². The number of benzene rings is 2. The zero-order valence-corrected chi connectivity index (χ0v) is 17.0. The Bertz CT molecular complexity index is 763. The van der Waals surface area contributed by atoms with E-state index in [1.54, 1.807) is 0 Å². The van der Waals surface area contributed by atoms with Crippen molar-refractivity contribution in [2.24, 2.45) is 0 Å². The first kappa shape index (κ1) is 20.4. The number of carbonyl (C=O) groups excluding carboxylic acids is 1. The summed E-state index contributed by atoms with van der Waals surface area (Å²) >= 11 is 0. The van der Waals surface area contributed by atoms with Gasteiger partial charge in [0.25, 0.3) is 5.91 Å². The predicted octanol–water partition coefficient (Wildman–Crippen LogP) is 3.18. The van der Waals surface area contributed by atoms with Crippen LogP contribution in [0.25, 0.3) is 0 Å². The lowest BCUT2D eigenvalue weighted by Crippen LogP contribution is -2.44. The van der Waals surface area contributed by atoms with Gasteiger partial charge in [-0.3, -0.25) is 9.69 Å². The second-order valence-corrected chi connectivity index (χ2v) is 7.45. The molecule has 150 valence electrons. The smallest absolute Gasteiger partial charge is 0.258 e. The van der Waals surface area contributed by atoms with E-state index in [4.69, 9.17) is 9.47 Å². The van der Waals surface area contributed by atoms with E-state index < -0.39 is 0 Å². The molecule has 0 radical (unpaired) electrons. The lowest BCUT2D eigenvalue weighted by atomic mass is 10.0. The monoisotopic (exact) mass is 382 g/mol. The maximum atomic E-state index is 12.7. The molecule has 0 saturated carbocycles. The second kappa shape index (κ2) is 9.71. The van der Waals surface area contributed by atoms with Crippen LogP contribution in [0.5, 0.6) is 5.75 Å². The van der Waals surface area contributed by atoms with Crippen LogP contribution >= 0.6 is 0 Å². The Hall–Kier alpha value is -2.37. The predicted molar refractivity (Wildman–Crippen MR) is 111 cm³/mol. The van der Waals surface area contributed by atoms with Crippen molar-refractivity contribution in [1.82, 2.24) is 10.2 Å². The van der Waals surface area contributed by atoms with Crippen LogP contribution in [-0.4, -0.2) is 50.3 Å². The van der Waals surface area contributed by atoms with E-state index in [2.05, 4.69) is 41.4 Å². The molecule has 0 bridgehead atoms. The van der Waals surface area contributed by atoms with Crippen LogP contribution in [-0.2, 0) is 9.53 Å². The van der Waals surface area contributed by atoms with E-state index in [0.29, 0.717) is 0 Å². The third kappa shape index (κ3) is 5.57. The van der Waals surface area contributed by atoms with Crippen LogP contribution in [0.1, 0.15) is 28.3 Å². The summed E-state index contributed by atoms with van der Waals surface area (Å²) in [6.07, 6.45) is 0. The molecule has 2 aromatic rings. The second-order valence-electron chi connectivity index (χ2n) is 7.45.